The summed E-state index contributed by atoms with van der Waals surface area (Å²) in [7, 11) is 0. The Bertz CT molecular complexity index is 563. The summed E-state index contributed by atoms with van der Waals surface area (Å²) < 4.78 is 5.04. The minimum absolute atomic E-state index is 0.112. The zero-order valence-electron chi connectivity index (χ0n) is 9.04. The van der Waals surface area contributed by atoms with Gasteiger partial charge in [0.25, 0.3) is 0 Å². The molecule has 0 amide bonds. The third kappa shape index (κ3) is 2.21. The van der Waals surface area contributed by atoms with Crippen LogP contribution in [0.5, 0.6) is 0 Å². The molecule has 0 aliphatic heterocycles. The molecule has 0 bridgehead atoms. The molecule has 2 rings (SSSR count). The minimum atomic E-state index is -0.222. The van der Waals surface area contributed by atoms with Gasteiger partial charge < -0.3 is 4.52 Å². The molecule has 17 heavy (non-hydrogen) atoms. The molecule has 0 saturated heterocycles. The first-order valence-corrected chi connectivity index (χ1v) is 5.86. The molecule has 1 aromatic heterocycles. The maximum absolute atomic E-state index is 11.7. The van der Waals surface area contributed by atoms with Gasteiger partial charge in [0.15, 0.2) is 5.78 Å². The van der Waals surface area contributed by atoms with Gasteiger partial charge in [0.1, 0.15) is 11.5 Å². The Morgan fingerprint density at radius 3 is 2.76 bits per heavy atom. The van der Waals surface area contributed by atoms with Crippen LogP contribution in [0.2, 0.25) is 5.02 Å². The standard InChI is InChI=1S/C12H9Cl2NO2/c1-7-11(10(16)6-13)12(15-17-7)8-4-2-3-5-9(8)14/h2-5H,6H2,1H3. The van der Waals surface area contributed by atoms with Gasteiger partial charge in [-0.05, 0) is 13.0 Å². The number of Topliss-reactive ketones (excluding diaryl/α,β-unsaturated/α-hetero) is 1. The van der Waals surface area contributed by atoms with Gasteiger partial charge in [-0.15, -0.1) is 11.6 Å². The zero-order valence-corrected chi connectivity index (χ0v) is 10.5. The molecule has 3 nitrogen and oxygen atoms in total. The molecule has 0 aliphatic carbocycles. The van der Waals surface area contributed by atoms with Crippen molar-refractivity contribution < 1.29 is 9.32 Å². The predicted octanol–water partition coefficient (Wildman–Crippen LogP) is 3.72. The van der Waals surface area contributed by atoms with E-state index in [0.717, 1.165) is 0 Å². The third-order valence-electron chi connectivity index (χ3n) is 2.39. The first kappa shape index (κ1) is 12.1. The van der Waals surface area contributed by atoms with E-state index in [1.165, 1.54) is 0 Å². The fourth-order valence-corrected chi connectivity index (χ4v) is 1.96. The van der Waals surface area contributed by atoms with Crippen molar-refractivity contribution in [3.63, 3.8) is 0 Å². The van der Waals surface area contributed by atoms with Crippen LogP contribution in [0.4, 0.5) is 0 Å². The van der Waals surface area contributed by atoms with Crippen molar-refractivity contribution in [3.8, 4) is 11.3 Å². The monoisotopic (exact) mass is 269 g/mol. The number of halogens is 2. The van der Waals surface area contributed by atoms with Crippen LogP contribution >= 0.6 is 23.2 Å². The molecule has 1 heterocycles. The van der Waals surface area contributed by atoms with Crippen LogP contribution in [0.3, 0.4) is 0 Å². The largest absolute Gasteiger partial charge is 0.360 e. The highest BCUT2D eigenvalue weighted by Crippen LogP contribution is 2.31. The lowest BCUT2D eigenvalue weighted by molar-refractivity contribution is 0.102. The van der Waals surface area contributed by atoms with Crippen LogP contribution in [-0.2, 0) is 0 Å². The molecule has 1 aromatic carbocycles. The molecule has 0 N–H and O–H groups in total. The lowest BCUT2D eigenvalue weighted by atomic mass is 10.0. The van der Waals surface area contributed by atoms with Gasteiger partial charge in [-0.2, -0.15) is 0 Å². The van der Waals surface area contributed by atoms with E-state index in [1.54, 1.807) is 19.1 Å². The minimum Gasteiger partial charge on any atom is -0.360 e. The maximum atomic E-state index is 11.7. The number of ketones is 1. The average Bonchev–Trinajstić information content (AvgIpc) is 2.71. The van der Waals surface area contributed by atoms with E-state index in [-0.39, 0.29) is 11.7 Å². The first-order chi connectivity index (χ1) is 8.15. The van der Waals surface area contributed by atoms with Crippen LogP contribution in [-0.4, -0.2) is 16.8 Å². The third-order valence-corrected chi connectivity index (χ3v) is 2.96. The van der Waals surface area contributed by atoms with Crippen molar-refractivity contribution in [1.82, 2.24) is 5.16 Å². The molecule has 0 saturated carbocycles. The molecule has 2 aromatic rings. The Balaban J connectivity index is 2.61. The maximum Gasteiger partial charge on any atom is 0.183 e. The van der Waals surface area contributed by atoms with Gasteiger partial charge in [-0.1, -0.05) is 35.0 Å². The summed E-state index contributed by atoms with van der Waals surface area (Å²) in [6.07, 6.45) is 0. The summed E-state index contributed by atoms with van der Waals surface area (Å²) in [4.78, 5) is 11.7. The number of aromatic nitrogens is 1. The van der Waals surface area contributed by atoms with Gasteiger partial charge in [-0.3, -0.25) is 4.79 Å². The van der Waals surface area contributed by atoms with Crippen LogP contribution in [0.25, 0.3) is 11.3 Å². The number of alkyl halides is 1. The topological polar surface area (TPSA) is 43.1 Å². The van der Waals surface area contributed by atoms with Gasteiger partial charge in [-0.25, -0.2) is 0 Å². The Morgan fingerprint density at radius 2 is 2.12 bits per heavy atom. The van der Waals surface area contributed by atoms with Crippen molar-refractivity contribution in [2.24, 2.45) is 0 Å². The second-order valence-corrected chi connectivity index (χ2v) is 4.17. The smallest absolute Gasteiger partial charge is 0.183 e. The van der Waals surface area contributed by atoms with Crippen LogP contribution in [0, 0.1) is 6.92 Å². The Kier molecular flexibility index (Phi) is 3.50. The van der Waals surface area contributed by atoms with E-state index < -0.39 is 0 Å². The van der Waals surface area contributed by atoms with E-state index >= 15 is 0 Å². The number of nitrogens with zero attached hydrogens (tertiary/aromatic N) is 1. The Labute approximate surface area is 108 Å². The highest BCUT2D eigenvalue weighted by Gasteiger charge is 2.21. The molecule has 0 atom stereocenters. The number of hydrogen-bond donors (Lipinski definition) is 0. The summed E-state index contributed by atoms with van der Waals surface area (Å²) >= 11 is 11.6. The van der Waals surface area contributed by atoms with Crippen molar-refractivity contribution in [1.29, 1.82) is 0 Å². The second-order valence-electron chi connectivity index (χ2n) is 3.50. The quantitative estimate of drug-likeness (QED) is 0.630. The van der Waals surface area contributed by atoms with E-state index in [0.29, 0.717) is 27.6 Å². The number of carbonyl (C=O) groups is 1. The molecule has 0 spiro atoms. The normalized spacial score (nSPS) is 10.5. The molecular weight excluding hydrogens is 261 g/mol. The Morgan fingerprint density at radius 1 is 1.41 bits per heavy atom. The number of hydrogen-bond acceptors (Lipinski definition) is 3. The molecule has 0 unspecified atom stereocenters. The molecule has 5 heteroatoms. The molecule has 88 valence electrons. The van der Waals surface area contributed by atoms with Crippen LogP contribution in [0.15, 0.2) is 28.8 Å². The highest BCUT2D eigenvalue weighted by molar-refractivity contribution is 6.34. The fraction of sp³-hybridized carbons (Fsp3) is 0.167. The van der Waals surface area contributed by atoms with E-state index in [1.807, 2.05) is 12.1 Å². The van der Waals surface area contributed by atoms with E-state index in [9.17, 15) is 4.79 Å². The molecular formula is C12H9Cl2NO2. The fourth-order valence-electron chi connectivity index (χ4n) is 1.60. The van der Waals surface area contributed by atoms with Crippen molar-refractivity contribution in [2.45, 2.75) is 6.92 Å². The van der Waals surface area contributed by atoms with Gasteiger partial charge in [0, 0.05) is 5.56 Å². The summed E-state index contributed by atoms with van der Waals surface area (Å²) in [5.41, 5.74) is 1.51. The van der Waals surface area contributed by atoms with Gasteiger partial charge in [0.05, 0.1) is 16.5 Å². The van der Waals surface area contributed by atoms with Crippen molar-refractivity contribution in [2.75, 3.05) is 5.88 Å². The Hall–Kier alpha value is -1.32. The average molecular weight is 270 g/mol. The predicted molar refractivity (Wildman–Crippen MR) is 66.7 cm³/mol. The summed E-state index contributed by atoms with van der Waals surface area (Å²) in [6, 6.07) is 7.14. The molecule has 0 fully saturated rings. The molecule has 0 radical (unpaired) electrons. The van der Waals surface area contributed by atoms with Gasteiger partial charge >= 0.3 is 0 Å². The second kappa shape index (κ2) is 4.90. The van der Waals surface area contributed by atoms with Crippen LogP contribution in [0.1, 0.15) is 16.1 Å². The van der Waals surface area contributed by atoms with Crippen molar-refractivity contribution in [3.05, 3.63) is 40.6 Å². The van der Waals surface area contributed by atoms with Gasteiger partial charge in [0.2, 0.25) is 0 Å². The summed E-state index contributed by atoms with van der Waals surface area (Å²) in [5, 5.41) is 4.39. The lowest BCUT2D eigenvalue weighted by Gasteiger charge is -2.01. The summed E-state index contributed by atoms with van der Waals surface area (Å²) in [6.45, 7) is 1.67. The number of rotatable bonds is 3. The van der Waals surface area contributed by atoms with E-state index in [2.05, 4.69) is 5.16 Å². The SMILES string of the molecule is Cc1onc(-c2ccccc2Cl)c1C(=O)CCl. The number of carbonyl (C=O) groups excluding carboxylic acids is 1. The number of aryl methyl sites for hydroxylation is 1. The van der Waals surface area contributed by atoms with Crippen LogP contribution < -0.4 is 0 Å². The highest BCUT2D eigenvalue weighted by atomic mass is 35.5. The van der Waals surface area contributed by atoms with Crippen molar-refractivity contribution >= 4 is 29.0 Å². The first-order valence-electron chi connectivity index (χ1n) is 4.95. The summed E-state index contributed by atoms with van der Waals surface area (Å²) in [5.74, 6) is 0.116. The zero-order chi connectivity index (χ0) is 12.4. The molecule has 0 aliphatic rings. The number of benzene rings is 1. The van der Waals surface area contributed by atoms with E-state index in [4.69, 9.17) is 27.7 Å². The lowest BCUT2D eigenvalue weighted by Crippen LogP contribution is -2.03.